The molecule has 0 heterocycles. The van der Waals surface area contributed by atoms with E-state index in [0.717, 1.165) is 18.6 Å². The van der Waals surface area contributed by atoms with Gasteiger partial charge in [0.2, 0.25) is 0 Å². The lowest BCUT2D eigenvalue weighted by Crippen LogP contribution is -2.07. The van der Waals surface area contributed by atoms with Crippen molar-refractivity contribution < 1.29 is 0 Å². The lowest BCUT2D eigenvalue weighted by molar-refractivity contribution is 0.448. The van der Waals surface area contributed by atoms with Crippen LogP contribution in [0.25, 0.3) is 0 Å². The Morgan fingerprint density at radius 1 is 1.38 bits per heavy atom. The van der Waals surface area contributed by atoms with Crippen LogP contribution in [0.5, 0.6) is 0 Å². The zero-order chi connectivity index (χ0) is 12.0. The molecule has 0 aliphatic rings. The summed E-state index contributed by atoms with van der Waals surface area (Å²) in [4.78, 5) is 1.33. The molecule has 1 rings (SSSR count). The van der Waals surface area contributed by atoms with E-state index < -0.39 is 0 Å². The van der Waals surface area contributed by atoms with Gasteiger partial charge in [-0.3, -0.25) is 0 Å². The Labute approximate surface area is 103 Å². The van der Waals surface area contributed by atoms with E-state index >= 15 is 0 Å². The van der Waals surface area contributed by atoms with Crippen LogP contribution in [-0.4, -0.2) is 5.75 Å². The quantitative estimate of drug-likeness (QED) is 0.555. The van der Waals surface area contributed by atoms with Gasteiger partial charge in [-0.2, -0.15) is 5.26 Å². The second-order valence-electron chi connectivity index (χ2n) is 4.76. The number of nitriles is 1. The molecule has 1 nitrogen and oxygen atoms in total. The number of benzene rings is 1. The number of thioether (sulfide) groups is 1. The summed E-state index contributed by atoms with van der Waals surface area (Å²) < 4.78 is 0. The van der Waals surface area contributed by atoms with E-state index in [0.29, 0.717) is 0 Å². The van der Waals surface area contributed by atoms with Gasteiger partial charge in [-0.1, -0.05) is 17.7 Å². The first-order chi connectivity index (χ1) is 7.53. The van der Waals surface area contributed by atoms with E-state index in [1.807, 2.05) is 25.6 Å². The Bertz CT molecular complexity index is 377. The smallest absolute Gasteiger partial charge is 0.0683 e. The Morgan fingerprint density at radius 2 is 2.12 bits per heavy atom. The highest BCUT2D eigenvalue weighted by atomic mass is 32.2. The summed E-state index contributed by atoms with van der Waals surface area (Å²) in [7, 11) is 0. The van der Waals surface area contributed by atoms with Gasteiger partial charge in [0.15, 0.2) is 0 Å². The molecule has 0 saturated heterocycles. The molecule has 0 fully saturated rings. The highest BCUT2D eigenvalue weighted by Gasteiger charge is 2.15. The van der Waals surface area contributed by atoms with Gasteiger partial charge in [0.1, 0.15) is 0 Å². The maximum atomic E-state index is 8.89. The third-order valence-corrected chi connectivity index (χ3v) is 3.59. The summed E-state index contributed by atoms with van der Waals surface area (Å²) in [5.74, 6) is 1.09. The van der Waals surface area contributed by atoms with Gasteiger partial charge in [-0.25, -0.2) is 0 Å². The average molecular weight is 233 g/mol. The Morgan fingerprint density at radius 3 is 2.75 bits per heavy atom. The molecule has 0 N–H and O–H groups in total. The van der Waals surface area contributed by atoms with Crippen LogP contribution in [0.1, 0.15) is 32.3 Å². The summed E-state index contributed by atoms with van der Waals surface area (Å²) in [5.41, 5.74) is 1.13. The van der Waals surface area contributed by atoms with Gasteiger partial charge in [-0.15, -0.1) is 11.8 Å². The van der Waals surface area contributed by atoms with Crippen molar-refractivity contribution in [1.29, 1.82) is 5.26 Å². The topological polar surface area (TPSA) is 23.8 Å². The van der Waals surface area contributed by atoms with Gasteiger partial charge >= 0.3 is 0 Å². The van der Waals surface area contributed by atoms with E-state index in [4.69, 9.17) is 5.26 Å². The normalized spacial score (nSPS) is 11.1. The molecule has 0 bridgehead atoms. The van der Waals surface area contributed by atoms with Crippen molar-refractivity contribution in [2.24, 2.45) is 5.41 Å². The van der Waals surface area contributed by atoms with Gasteiger partial charge in [-0.05, 0) is 51.5 Å². The van der Waals surface area contributed by atoms with Crippen molar-refractivity contribution in [1.82, 2.24) is 0 Å². The predicted octanol–water partition coefficient (Wildman–Crippen LogP) is 4.42. The lowest BCUT2D eigenvalue weighted by Gasteiger charge is -2.14. The summed E-state index contributed by atoms with van der Waals surface area (Å²) >= 11 is 1.88. The molecule has 0 aliphatic heterocycles. The van der Waals surface area contributed by atoms with Crippen LogP contribution in [-0.2, 0) is 0 Å². The predicted molar refractivity (Wildman–Crippen MR) is 70.5 cm³/mol. The number of hydrogen-bond donors (Lipinski definition) is 0. The van der Waals surface area contributed by atoms with Crippen LogP contribution >= 0.6 is 11.8 Å². The fourth-order valence-electron chi connectivity index (χ4n) is 1.47. The molecule has 0 aliphatic carbocycles. The first-order valence-electron chi connectivity index (χ1n) is 5.64. The fourth-order valence-corrected chi connectivity index (χ4v) is 2.43. The second kappa shape index (κ2) is 5.96. The van der Waals surface area contributed by atoms with E-state index in [9.17, 15) is 0 Å². The van der Waals surface area contributed by atoms with E-state index in [-0.39, 0.29) is 5.41 Å². The molecule has 0 saturated carbocycles. The summed E-state index contributed by atoms with van der Waals surface area (Å²) in [6.07, 6.45) is 2.07. The first-order valence-corrected chi connectivity index (χ1v) is 6.63. The van der Waals surface area contributed by atoms with Crippen LogP contribution in [0.2, 0.25) is 0 Å². The van der Waals surface area contributed by atoms with Crippen molar-refractivity contribution >= 4 is 11.8 Å². The van der Waals surface area contributed by atoms with Crippen LogP contribution < -0.4 is 0 Å². The maximum Gasteiger partial charge on any atom is 0.0683 e. The Kier molecular flexibility index (Phi) is 4.89. The van der Waals surface area contributed by atoms with Crippen LogP contribution in [0, 0.1) is 23.7 Å². The highest BCUT2D eigenvalue weighted by Crippen LogP contribution is 2.25. The standard InChI is InChI=1S/C14H19NS/c1-12-6-4-7-13(10-12)16-9-5-8-14(2,3)11-15/h4,6-7,10H,5,8-9H2,1-3H3. The van der Waals surface area contributed by atoms with Crippen molar-refractivity contribution in [2.75, 3.05) is 5.75 Å². The van der Waals surface area contributed by atoms with E-state index in [1.165, 1.54) is 10.5 Å². The monoisotopic (exact) mass is 233 g/mol. The SMILES string of the molecule is Cc1cccc(SCCCC(C)(C)C#N)c1. The largest absolute Gasteiger partial charge is 0.198 e. The van der Waals surface area contributed by atoms with Gasteiger partial charge in [0, 0.05) is 4.90 Å². The molecule has 0 spiro atoms. The average Bonchev–Trinajstić information content (AvgIpc) is 2.25. The summed E-state index contributed by atoms with van der Waals surface area (Å²) in [5, 5.41) is 8.89. The van der Waals surface area contributed by atoms with Crippen molar-refractivity contribution in [3.05, 3.63) is 29.8 Å². The molecule has 0 radical (unpaired) electrons. The fraction of sp³-hybridized carbons (Fsp3) is 0.500. The Hall–Kier alpha value is -0.940. The third kappa shape index (κ3) is 4.72. The zero-order valence-electron chi connectivity index (χ0n) is 10.3. The van der Waals surface area contributed by atoms with E-state index in [2.05, 4.69) is 37.3 Å². The number of nitrogens with zero attached hydrogens (tertiary/aromatic N) is 1. The van der Waals surface area contributed by atoms with Gasteiger partial charge in [0.25, 0.3) is 0 Å². The summed E-state index contributed by atoms with van der Waals surface area (Å²) in [6.45, 7) is 6.12. The van der Waals surface area contributed by atoms with Crippen molar-refractivity contribution in [3.63, 3.8) is 0 Å². The molecule has 1 aromatic carbocycles. The third-order valence-electron chi connectivity index (χ3n) is 2.51. The van der Waals surface area contributed by atoms with Crippen LogP contribution in [0.4, 0.5) is 0 Å². The minimum Gasteiger partial charge on any atom is -0.198 e. The Balaban J connectivity index is 2.29. The molecule has 2 heteroatoms. The molecule has 16 heavy (non-hydrogen) atoms. The molecule has 86 valence electrons. The van der Waals surface area contributed by atoms with Crippen LogP contribution in [0.15, 0.2) is 29.2 Å². The molecular formula is C14H19NS. The van der Waals surface area contributed by atoms with Crippen molar-refractivity contribution in [3.8, 4) is 6.07 Å². The highest BCUT2D eigenvalue weighted by molar-refractivity contribution is 7.99. The lowest BCUT2D eigenvalue weighted by atomic mass is 9.90. The van der Waals surface area contributed by atoms with Crippen molar-refractivity contribution in [2.45, 2.75) is 38.5 Å². The molecule has 0 unspecified atom stereocenters. The molecular weight excluding hydrogens is 214 g/mol. The van der Waals surface area contributed by atoms with Gasteiger partial charge in [0.05, 0.1) is 11.5 Å². The van der Waals surface area contributed by atoms with E-state index in [1.54, 1.807) is 0 Å². The van der Waals surface area contributed by atoms with Crippen LogP contribution in [0.3, 0.4) is 0 Å². The summed E-state index contributed by atoms with van der Waals surface area (Å²) in [6, 6.07) is 10.9. The molecule has 0 amide bonds. The molecule has 1 aromatic rings. The zero-order valence-corrected chi connectivity index (χ0v) is 11.1. The minimum absolute atomic E-state index is 0.173. The molecule has 0 aromatic heterocycles. The second-order valence-corrected chi connectivity index (χ2v) is 5.93. The molecule has 0 atom stereocenters. The van der Waals surface area contributed by atoms with Gasteiger partial charge < -0.3 is 0 Å². The first kappa shape index (κ1) is 13.1. The maximum absolute atomic E-state index is 8.89. The minimum atomic E-state index is -0.173. The number of rotatable bonds is 5. The number of hydrogen-bond acceptors (Lipinski definition) is 2. The number of aryl methyl sites for hydroxylation is 1.